The van der Waals surface area contributed by atoms with Crippen LogP contribution in [0.4, 0.5) is 0 Å². The lowest BCUT2D eigenvalue weighted by Crippen LogP contribution is -2.05. The summed E-state index contributed by atoms with van der Waals surface area (Å²) in [5, 5.41) is 9.71. The second kappa shape index (κ2) is 5.67. The molecule has 0 atom stereocenters. The molecule has 1 N–H and O–H groups in total. The van der Waals surface area contributed by atoms with Crippen LogP contribution >= 0.6 is 11.6 Å². The molecule has 0 unspecified atom stereocenters. The lowest BCUT2D eigenvalue weighted by Gasteiger charge is -2.12. The summed E-state index contributed by atoms with van der Waals surface area (Å²) in [5.74, 6) is -1.05. The lowest BCUT2D eigenvalue weighted by molar-refractivity contribution is -0.107. The third-order valence-corrected chi connectivity index (χ3v) is 3.19. The van der Waals surface area contributed by atoms with Crippen molar-refractivity contribution in [3.63, 3.8) is 0 Å². The number of carboxylic acids is 1. The molecule has 0 fully saturated rings. The predicted molar refractivity (Wildman–Crippen MR) is 73.6 cm³/mol. The van der Waals surface area contributed by atoms with E-state index in [1.54, 1.807) is 30.3 Å². The van der Waals surface area contributed by atoms with Gasteiger partial charge in [-0.05, 0) is 23.3 Å². The van der Waals surface area contributed by atoms with Gasteiger partial charge in [-0.1, -0.05) is 41.9 Å². The minimum absolute atomic E-state index is 0.0447. The maximum Gasteiger partial charge on any atom is 0.335 e. The number of carboxylic acid groups (broad SMARTS) is 1. The Kier molecular flexibility index (Phi) is 3.97. The van der Waals surface area contributed by atoms with Crippen molar-refractivity contribution in [3.8, 4) is 11.1 Å². The van der Waals surface area contributed by atoms with Crippen LogP contribution in [-0.2, 0) is 11.2 Å². The molecule has 96 valence electrons. The maximum atomic E-state index is 11.2. The van der Waals surface area contributed by atoms with Crippen LogP contribution in [0.2, 0.25) is 5.02 Å². The molecular weight excluding hydrogens is 264 g/mol. The van der Waals surface area contributed by atoms with E-state index in [4.69, 9.17) is 11.6 Å². The Morgan fingerprint density at radius 2 is 1.79 bits per heavy atom. The molecule has 19 heavy (non-hydrogen) atoms. The van der Waals surface area contributed by atoms with Crippen LogP contribution in [0.25, 0.3) is 11.1 Å². The Morgan fingerprint density at radius 3 is 2.42 bits per heavy atom. The highest BCUT2D eigenvalue weighted by Gasteiger charge is 2.15. The summed E-state index contributed by atoms with van der Waals surface area (Å²) in [5.41, 5.74) is 2.02. The first-order valence-corrected chi connectivity index (χ1v) is 6.06. The fourth-order valence-corrected chi connectivity index (χ4v) is 2.26. The highest BCUT2D eigenvalue weighted by molar-refractivity contribution is 6.33. The molecule has 3 nitrogen and oxygen atoms in total. The van der Waals surface area contributed by atoms with Crippen LogP contribution in [-0.4, -0.2) is 17.4 Å². The third-order valence-electron chi connectivity index (χ3n) is 2.86. The number of hydrogen-bond donors (Lipinski definition) is 1. The van der Waals surface area contributed by atoms with Gasteiger partial charge in [-0.25, -0.2) is 4.79 Å². The lowest BCUT2D eigenvalue weighted by atomic mass is 9.93. The van der Waals surface area contributed by atoms with Gasteiger partial charge in [-0.15, -0.1) is 0 Å². The van der Waals surface area contributed by atoms with E-state index in [0.717, 1.165) is 5.56 Å². The number of carbonyl (C=O) groups excluding carboxylic acids is 1. The summed E-state index contributed by atoms with van der Waals surface area (Å²) in [7, 11) is 0. The van der Waals surface area contributed by atoms with Gasteiger partial charge in [0, 0.05) is 17.0 Å². The average Bonchev–Trinajstić information content (AvgIpc) is 2.40. The SMILES string of the molecule is O=CCc1c(C(=O)O)cccc1-c1ccccc1Cl. The maximum absolute atomic E-state index is 11.2. The minimum Gasteiger partial charge on any atom is -0.478 e. The fraction of sp³-hybridized carbons (Fsp3) is 0.0667. The van der Waals surface area contributed by atoms with Gasteiger partial charge in [-0.2, -0.15) is 0 Å². The van der Waals surface area contributed by atoms with Crippen molar-refractivity contribution < 1.29 is 14.7 Å². The summed E-state index contributed by atoms with van der Waals surface area (Å²) < 4.78 is 0. The number of rotatable bonds is 4. The van der Waals surface area contributed by atoms with E-state index < -0.39 is 5.97 Å². The predicted octanol–water partition coefficient (Wildman–Crippen LogP) is 3.45. The summed E-state index contributed by atoms with van der Waals surface area (Å²) in [6, 6.07) is 12.1. The molecule has 0 aromatic heterocycles. The molecule has 0 bridgehead atoms. The van der Waals surface area contributed by atoms with Gasteiger partial charge >= 0.3 is 5.97 Å². The number of benzene rings is 2. The number of carbonyl (C=O) groups is 2. The standard InChI is InChI=1S/C15H11ClO3/c16-14-7-2-1-4-12(14)10-5-3-6-13(15(18)19)11(10)8-9-17/h1-7,9H,8H2,(H,18,19). The normalized spacial score (nSPS) is 10.2. The fourth-order valence-electron chi connectivity index (χ4n) is 2.02. The van der Waals surface area contributed by atoms with Gasteiger partial charge in [0.1, 0.15) is 6.29 Å². The monoisotopic (exact) mass is 274 g/mol. The van der Waals surface area contributed by atoms with E-state index in [2.05, 4.69) is 0 Å². The second-order valence-corrected chi connectivity index (χ2v) is 4.39. The summed E-state index contributed by atoms with van der Waals surface area (Å²) in [4.78, 5) is 22.0. The van der Waals surface area contributed by atoms with Crippen molar-refractivity contribution in [2.24, 2.45) is 0 Å². The summed E-state index contributed by atoms with van der Waals surface area (Å²) >= 11 is 6.13. The van der Waals surface area contributed by atoms with Crippen molar-refractivity contribution in [2.75, 3.05) is 0 Å². The van der Waals surface area contributed by atoms with Crippen LogP contribution in [0.15, 0.2) is 42.5 Å². The summed E-state index contributed by atoms with van der Waals surface area (Å²) in [6.45, 7) is 0. The molecule has 0 saturated heterocycles. The summed E-state index contributed by atoms with van der Waals surface area (Å²) in [6.07, 6.45) is 0.741. The van der Waals surface area contributed by atoms with Gasteiger partial charge in [0.25, 0.3) is 0 Å². The Hall–Kier alpha value is -2.13. The third kappa shape index (κ3) is 2.66. The first-order chi connectivity index (χ1) is 9.15. The smallest absolute Gasteiger partial charge is 0.335 e. The molecule has 0 aliphatic heterocycles. The second-order valence-electron chi connectivity index (χ2n) is 3.99. The zero-order chi connectivity index (χ0) is 13.8. The van der Waals surface area contributed by atoms with Crippen LogP contribution in [0.5, 0.6) is 0 Å². The number of halogens is 1. The molecule has 2 aromatic rings. The Balaban J connectivity index is 2.70. The average molecular weight is 275 g/mol. The van der Waals surface area contributed by atoms with Crippen LogP contribution < -0.4 is 0 Å². The van der Waals surface area contributed by atoms with Gasteiger partial charge < -0.3 is 9.90 Å². The molecule has 2 aromatic carbocycles. The number of aldehydes is 1. The van der Waals surface area contributed by atoms with Gasteiger partial charge in [0.2, 0.25) is 0 Å². The van der Waals surface area contributed by atoms with Crippen molar-refractivity contribution in [2.45, 2.75) is 6.42 Å². The molecular formula is C15H11ClO3. The Labute approximate surface area is 115 Å². The van der Waals surface area contributed by atoms with Gasteiger partial charge in [-0.3, -0.25) is 0 Å². The van der Waals surface area contributed by atoms with Crippen molar-refractivity contribution in [1.82, 2.24) is 0 Å². The molecule has 0 spiro atoms. The van der Waals surface area contributed by atoms with Crippen molar-refractivity contribution in [1.29, 1.82) is 0 Å². The molecule has 0 aliphatic carbocycles. The molecule has 0 heterocycles. The highest BCUT2D eigenvalue weighted by atomic mass is 35.5. The molecule has 4 heteroatoms. The molecule has 0 aliphatic rings. The molecule has 0 radical (unpaired) electrons. The van der Waals surface area contributed by atoms with E-state index >= 15 is 0 Å². The van der Waals surface area contributed by atoms with Crippen LogP contribution in [0.1, 0.15) is 15.9 Å². The zero-order valence-corrected chi connectivity index (χ0v) is 10.7. The van der Waals surface area contributed by atoms with Gasteiger partial charge in [0.05, 0.1) is 5.56 Å². The number of hydrogen-bond acceptors (Lipinski definition) is 2. The Morgan fingerprint density at radius 1 is 1.11 bits per heavy atom. The topological polar surface area (TPSA) is 54.4 Å². The van der Waals surface area contributed by atoms with E-state index in [0.29, 0.717) is 22.4 Å². The van der Waals surface area contributed by atoms with E-state index in [1.165, 1.54) is 6.07 Å². The Bertz CT molecular complexity index is 635. The van der Waals surface area contributed by atoms with E-state index in [-0.39, 0.29) is 12.0 Å². The van der Waals surface area contributed by atoms with E-state index in [9.17, 15) is 14.7 Å². The van der Waals surface area contributed by atoms with Crippen LogP contribution in [0, 0.1) is 0 Å². The molecule has 0 saturated carbocycles. The number of aromatic carboxylic acids is 1. The highest BCUT2D eigenvalue weighted by Crippen LogP contribution is 2.32. The van der Waals surface area contributed by atoms with Gasteiger partial charge in [0.15, 0.2) is 0 Å². The molecule has 0 amide bonds. The van der Waals surface area contributed by atoms with Crippen molar-refractivity contribution >= 4 is 23.9 Å². The quantitative estimate of drug-likeness (QED) is 0.869. The zero-order valence-electron chi connectivity index (χ0n) is 9.97. The van der Waals surface area contributed by atoms with Crippen molar-refractivity contribution in [3.05, 3.63) is 58.6 Å². The van der Waals surface area contributed by atoms with Crippen LogP contribution in [0.3, 0.4) is 0 Å². The largest absolute Gasteiger partial charge is 0.478 e. The molecule has 2 rings (SSSR count). The van der Waals surface area contributed by atoms with E-state index in [1.807, 2.05) is 6.07 Å². The first kappa shape index (κ1) is 13.3. The minimum atomic E-state index is -1.05. The first-order valence-electron chi connectivity index (χ1n) is 5.69.